The molecule has 5 fully saturated rings. The van der Waals surface area contributed by atoms with Crippen LogP contribution in [0.1, 0.15) is 99.3 Å². The van der Waals surface area contributed by atoms with Gasteiger partial charge in [-0.3, -0.25) is 0 Å². The monoisotopic (exact) mass is 408 g/mol. The number of fused-ring (bicyclic) bond motifs is 3. The summed E-state index contributed by atoms with van der Waals surface area (Å²) in [6.45, 7) is 26.1. The van der Waals surface area contributed by atoms with Crippen molar-refractivity contribution in [1.82, 2.24) is 0 Å². The summed E-state index contributed by atoms with van der Waals surface area (Å²) < 4.78 is 0. The zero-order valence-electron chi connectivity index (χ0n) is 20.9. The molecule has 168 valence electrons. The molecule has 0 heterocycles. The Labute approximate surface area is 188 Å². The molecule has 0 radical (unpaired) electrons. The maximum absolute atomic E-state index is 4.13. The SMILES string of the molecule is C=C(C)[C@H]1CC=C(C)CC1.C=C1CCC2(C(C)C)CC12.C=C1CCC2CC1C2(C)C. The van der Waals surface area contributed by atoms with E-state index in [1.807, 2.05) is 0 Å². The smallest absolute Gasteiger partial charge is 0.0141 e. The lowest BCUT2D eigenvalue weighted by Gasteiger charge is -2.57. The highest BCUT2D eigenvalue weighted by Gasteiger charge is 2.59. The van der Waals surface area contributed by atoms with Crippen molar-refractivity contribution < 1.29 is 0 Å². The van der Waals surface area contributed by atoms with Gasteiger partial charge >= 0.3 is 0 Å². The van der Waals surface area contributed by atoms with Crippen LogP contribution in [-0.2, 0) is 0 Å². The van der Waals surface area contributed by atoms with E-state index in [0.717, 1.165) is 35.0 Å². The van der Waals surface area contributed by atoms with Crippen LogP contribution in [0.25, 0.3) is 0 Å². The highest BCUT2D eigenvalue weighted by molar-refractivity contribution is 5.26. The molecule has 4 unspecified atom stereocenters. The summed E-state index contributed by atoms with van der Waals surface area (Å²) in [7, 11) is 0. The third-order valence-electron chi connectivity index (χ3n) is 9.78. The molecule has 6 aliphatic carbocycles. The molecular formula is C30H48. The first-order chi connectivity index (χ1) is 14.0. The van der Waals surface area contributed by atoms with Gasteiger partial charge in [-0.05, 0) is 112 Å². The Hall–Kier alpha value is -1.04. The molecular weight excluding hydrogens is 360 g/mol. The Kier molecular flexibility index (Phi) is 6.96. The van der Waals surface area contributed by atoms with Crippen molar-refractivity contribution >= 4 is 0 Å². The number of hydrogen-bond acceptors (Lipinski definition) is 0. The van der Waals surface area contributed by atoms with Gasteiger partial charge < -0.3 is 0 Å². The lowest BCUT2D eigenvalue weighted by atomic mass is 9.47. The van der Waals surface area contributed by atoms with Gasteiger partial charge in [-0.2, -0.15) is 0 Å². The van der Waals surface area contributed by atoms with Crippen molar-refractivity contribution in [2.45, 2.75) is 99.3 Å². The largest absolute Gasteiger partial charge is 0.0998 e. The Balaban J connectivity index is 0.000000128. The van der Waals surface area contributed by atoms with Gasteiger partial charge in [-0.1, -0.05) is 75.8 Å². The lowest BCUT2D eigenvalue weighted by molar-refractivity contribution is -0.0273. The van der Waals surface area contributed by atoms with Crippen LogP contribution >= 0.6 is 0 Å². The molecule has 0 aromatic rings. The highest BCUT2D eigenvalue weighted by Crippen LogP contribution is 2.69. The first kappa shape index (κ1) is 23.6. The van der Waals surface area contributed by atoms with Gasteiger partial charge in [-0.25, -0.2) is 0 Å². The van der Waals surface area contributed by atoms with Crippen LogP contribution in [0.5, 0.6) is 0 Å². The van der Waals surface area contributed by atoms with Crippen LogP contribution in [0.3, 0.4) is 0 Å². The van der Waals surface area contributed by atoms with Crippen molar-refractivity contribution in [3.63, 3.8) is 0 Å². The van der Waals surface area contributed by atoms with Crippen LogP contribution in [0.15, 0.2) is 48.1 Å². The second kappa shape index (κ2) is 8.84. The van der Waals surface area contributed by atoms with E-state index >= 15 is 0 Å². The molecule has 0 aromatic heterocycles. The first-order valence-electron chi connectivity index (χ1n) is 12.7. The number of rotatable bonds is 2. The standard InChI is InChI=1S/3C10H16/c1-7-4-5-8-6-9(7)10(8,2)3;1-7(2)10-5-4-8(3)9(10)6-10;1-8(2)10-6-4-9(3)5-7-10/h8-9H,1,4-6H2,2-3H3;7,9H,3-6H2,1-2H3;4,10H,1,5-7H2,2-3H3/t;;10-/m..0/s1. The second-order valence-electron chi connectivity index (χ2n) is 12.2. The molecule has 0 amide bonds. The summed E-state index contributed by atoms with van der Waals surface area (Å²) in [5, 5.41) is 0. The molecule has 2 bridgehead atoms. The van der Waals surface area contributed by atoms with E-state index in [2.05, 4.69) is 67.4 Å². The van der Waals surface area contributed by atoms with E-state index in [0.29, 0.717) is 5.41 Å². The average Bonchev–Trinajstić information content (AvgIpc) is 3.35. The Morgan fingerprint density at radius 3 is 2.00 bits per heavy atom. The third-order valence-corrected chi connectivity index (χ3v) is 9.78. The van der Waals surface area contributed by atoms with Crippen molar-refractivity contribution in [2.75, 3.05) is 0 Å². The van der Waals surface area contributed by atoms with E-state index < -0.39 is 0 Å². The Bertz CT molecular complexity index is 712. The van der Waals surface area contributed by atoms with Gasteiger partial charge in [0.05, 0.1) is 0 Å². The fourth-order valence-electron chi connectivity index (χ4n) is 6.79. The molecule has 0 saturated heterocycles. The molecule has 0 spiro atoms. The summed E-state index contributed by atoms with van der Waals surface area (Å²) >= 11 is 0. The normalized spacial score (nSPS) is 37.6. The van der Waals surface area contributed by atoms with Gasteiger partial charge in [-0.15, -0.1) is 0 Å². The van der Waals surface area contributed by atoms with E-state index in [9.17, 15) is 0 Å². The summed E-state index contributed by atoms with van der Waals surface area (Å²) in [6, 6.07) is 0. The molecule has 6 aliphatic rings. The zero-order chi connectivity index (χ0) is 22.3. The van der Waals surface area contributed by atoms with Crippen LogP contribution in [0.2, 0.25) is 0 Å². The topological polar surface area (TPSA) is 0 Å². The number of hydrogen-bond donors (Lipinski definition) is 0. The Morgan fingerprint density at radius 1 is 1.03 bits per heavy atom. The molecule has 5 saturated carbocycles. The predicted molar refractivity (Wildman–Crippen MR) is 133 cm³/mol. The summed E-state index contributed by atoms with van der Waals surface area (Å²) in [6.07, 6.45) is 14.5. The van der Waals surface area contributed by atoms with Gasteiger partial charge in [0.1, 0.15) is 0 Å². The van der Waals surface area contributed by atoms with Crippen LogP contribution in [0, 0.1) is 40.4 Å². The third kappa shape index (κ3) is 4.58. The van der Waals surface area contributed by atoms with Crippen LogP contribution in [-0.4, -0.2) is 0 Å². The fraction of sp³-hybridized carbons (Fsp3) is 0.733. The minimum Gasteiger partial charge on any atom is -0.0998 e. The predicted octanol–water partition coefficient (Wildman–Crippen LogP) is 9.31. The molecule has 5 atom stereocenters. The van der Waals surface area contributed by atoms with E-state index in [1.165, 1.54) is 74.5 Å². The molecule has 0 nitrogen and oxygen atoms in total. The molecule has 0 N–H and O–H groups in total. The second-order valence-corrected chi connectivity index (χ2v) is 12.2. The summed E-state index contributed by atoms with van der Waals surface area (Å²) in [5.41, 5.74) is 7.30. The maximum Gasteiger partial charge on any atom is -0.0141 e. The van der Waals surface area contributed by atoms with Crippen molar-refractivity contribution in [3.05, 3.63) is 48.1 Å². The molecule has 30 heavy (non-hydrogen) atoms. The van der Waals surface area contributed by atoms with E-state index in [-0.39, 0.29) is 0 Å². The van der Waals surface area contributed by atoms with E-state index in [4.69, 9.17) is 0 Å². The van der Waals surface area contributed by atoms with Crippen LogP contribution in [0.4, 0.5) is 0 Å². The zero-order valence-corrected chi connectivity index (χ0v) is 20.9. The fourth-order valence-corrected chi connectivity index (χ4v) is 6.79. The first-order valence-corrected chi connectivity index (χ1v) is 12.7. The van der Waals surface area contributed by atoms with Crippen molar-refractivity contribution in [1.29, 1.82) is 0 Å². The molecule has 0 heteroatoms. The number of allylic oxidation sites excluding steroid dienone is 5. The van der Waals surface area contributed by atoms with Gasteiger partial charge in [0.25, 0.3) is 0 Å². The Morgan fingerprint density at radius 2 is 1.70 bits per heavy atom. The van der Waals surface area contributed by atoms with Crippen molar-refractivity contribution in [2.24, 2.45) is 40.4 Å². The summed E-state index contributed by atoms with van der Waals surface area (Å²) in [4.78, 5) is 0. The molecule has 0 aliphatic heterocycles. The average molecular weight is 409 g/mol. The van der Waals surface area contributed by atoms with Crippen molar-refractivity contribution in [3.8, 4) is 0 Å². The maximum atomic E-state index is 4.13. The highest BCUT2D eigenvalue weighted by atomic mass is 14.6. The lowest BCUT2D eigenvalue weighted by Crippen LogP contribution is -2.48. The van der Waals surface area contributed by atoms with Crippen LogP contribution < -0.4 is 0 Å². The minimum atomic E-state index is 0.606. The van der Waals surface area contributed by atoms with Gasteiger partial charge in [0, 0.05) is 0 Å². The van der Waals surface area contributed by atoms with Gasteiger partial charge in [0.2, 0.25) is 0 Å². The summed E-state index contributed by atoms with van der Waals surface area (Å²) in [5.74, 6) is 4.46. The quantitative estimate of drug-likeness (QED) is 0.399. The molecule has 6 rings (SSSR count). The van der Waals surface area contributed by atoms with Gasteiger partial charge in [0.15, 0.2) is 0 Å². The molecule has 0 aromatic carbocycles. The van der Waals surface area contributed by atoms with E-state index in [1.54, 1.807) is 5.57 Å². The minimum absolute atomic E-state index is 0.606.